The molecule has 0 saturated heterocycles. The predicted molar refractivity (Wildman–Crippen MR) is 120 cm³/mol. The Bertz CT molecular complexity index is 756. The number of rotatable bonds is 14. The van der Waals surface area contributed by atoms with Crippen molar-refractivity contribution in [3.63, 3.8) is 0 Å². The maximum atomic E-state index is 12.2. The molecule has 0 aromatic heterocycles. The van der Waals surface area contributed by atoms with Gasteiger partial charge in [-0.15, -0.1) is 0 Å². The van der Waals surface area contributed by atoms with Crippen molar-refractivity contribution in [3.05, 3.63) is 38.0 Å². The van der Waals surface area contributed by atoms with Crippen LogP contribution >= 0.6 is 26.9 Å². The van der Waals surface area contributed by atoms with E-state index in [0.29, 0.717) is 0 Å². The molecule has 2 unspecified atom stereocenters. The van der Waals surface area contributed by atoms with E-state index in [-0.39, 0.29) is 0 Å². The Morgan fingerprint density at radius 1 is 0.871 bits per heavy atom. The number of carbonyl (C=O) groups is 5. The van der Waals surface area contributed by atoms with Crippen molar-refractivity contribution in [2.75, 3.05) is 26.4 Å². The van der Waals surface area contributed by atoms with E-state index >= 15 is 0 Å². The van der Waals surface area contributed by atoms with Crippen molar-refractivity contribution in [1.82, 2.24) is 0 Å². The van der Waals surface area contributed by atoms with Crippen LogP contribution in [0, 0.1) is 5.41 Å². The van der Waals surface area contributed by atoms with Gasteiger partial charge in [0.15, 0.2) is 0 Å². The van der Waals surface area contributed by atoms with E-state index in [1.54, 1.807) is 22.0 Å². The van der Waals surface area contributed by atoms with Gasteiger partial charge in [0.25, 0.3) is 0 Å². The van der Waals surface area contributed by atoms with Gasteiger partial charge in [-0.2, -0.15) is 0 Å². The average Bonchev–Trinajstić information content (AvgIpc) is 2.74. The molecular weight excluding hydrogens is 545 g/mol. The van der Waals surface area contributed by atoms with E-state index in [4.69, 9.17) is 31.1 Å². The second kappa shape index (κ2) is 14.6. The van der Waals surface area contributed by atoms with Gasteiger partial charge in [-0.1, -0.05) is 0 Å². The molecule has 0 aromatic carbocycles. The average molecular weight is 566 g/mol. The Kier molecular flexibility index (Phi) is 13.5. The zero-order valence-electron chi connectivity index (χ0n) is 16.5. The number of halogens is 1. The Labute approximate surface area is 193 Å². The molecule has 0 spiro atoms. The van der Waals surface area contributed by atoms with Crippen molar-refractivity contribution >= 4 is 63.8 Å². The van der Waals surface area contributed by atoms with Gasteiger partial charge in [0, 0.05) is 0 Å². The van der Waals surface area contributed by atoms with E-state index in [9.17, 15) is 24.0 Å². The van der Waals surface area contributed by atoms with Gasteiger partial charge in [0.1, 0.15) is 0 Å². The molecule has 0 amide bonds. The zero-order valence-corrected chi connectivity index (χ0v) is 19.5. The molecule has 0 aliphatic carbocycles. The van der Waals surface area contributed by atoms with E-state index in [2.05, 4.69) is 19.7 Å². The predicted octanol–water partition coefficient (Wildman–Crippen LogP) is 1.46. The standard InChI is InChI=1S/C18H21BIO10P/c1-4-13(21)27-8-18(9-28-14(22)5-2,10-29-15(23)6-3)11-30-16(24)7-12(17(25)26)31(19)20/h4-6,12H,1-3,7-11H2,(H,25,26). The van der Waals surface area contributed by atoms with E-state index in [0.717, 1.165) is 18.2 Å². The molecule has 0 heterocycles. The summed E-state index contributed by atoms with van der Waals surface area (Å²) in [7, 11) is 5.62. The number of hydrogen-bond acceptors (Lipinski definition) is 9. The van der Waals surface area contributed by atoms with Crippen LogP contribution in [0.3, 0.4) is 0 Å². The zero-order chi connectivity index (χ0) is 24.0. The third kappa shape index (κ3) is 11.6. The van der Waals surface area contributed by atoms with Gasteiger partial charge in [0.2, 0.25) is 0 Å². The van der Waals surface area contributed by atoms with Gasteiger partial charge in [-0.05, 0) is 0 Å². The topological polar surface area (TPSA) is 142 Å². The minimum atomic E-state index is -1.50. The summed E-state index contributed by atoms with van der Waals surface area (Å²) in [5.41, 5.74) is -2.64. The van der Waals surface area contributed by atoms with Crippen molar-refractivity contribution in [2.45, 2.75) is 12.1 Å². The molecule has 0 aromatic rings. The molecule has 31 heavy (non-hydrogen) atoms. The molecule has 0 fully saturated rings. The van der Waals surface area contributed by atoms with Gasteiger partial charge >= 0.3 is 194 Å². The summed E-state index contributed by atoms with van der Waals surface area (Å²) in [5, 5.41) is 9.16. The molecule has 1 N–H and O–H groups in total. The molecule has 2 atom stereocenters. The SMILES string of the molecule is B#P(I)C(CC(=O)OCC(COC(=O)C=C)(COC(=O)C=C)COC(=O)C=C)C(=O)O. The fourth-order valence-electron chi connectivity index (χ4n) is 1.83. The van der Waals surface area contributed by atoms with Crippen molar-refractivity contribution in [3.8, 4) is 0 Å². The molecule has 0 bridgehead atoms. The quantitative estimate of drug-likeness (QED) is 0.0821. The van der Waals surface area contributed by atoms with E-state index in [1.807, 2.05) is 0 Å². The van der Waals surface area contributed by atoms with Crippen LogP contribution in [0.15, 0.2) is 38.0 Å². The van der Waals surface area contributed by atoms with E-state index in [1.165, 1.54) is 0 Å². The molecule has 0 radical (unpaired) electrons. The number of hydrogen-bond donors (Lipinski definition) is 1. The summed E-state index contributed by atoms with van der Waals surface area (Å²) in [6.45, 7) is 7.75. The minimum absolute atomic E-state index is 0.488. The van der Waals surface area contributed by atoms with Crippen molar-refractivity contribution < 1.29 is 48.0 Å². The fourth-order valence-corrected chi connectivity index (χ4v) is 3.67. The van der Waals surface area contributed by atoms with E-state index < -0.39 is 78.6 Å². The molecule has 0 saturated carbocycles. The Hall–Kier alpha value is -2.34. The number of carboxylic acid groups (broad SMARTS) is 1. The Morgan fingerprint density at radius 2 is 1.23 bits per heavy atom. The van der Waals surface area contributed by atoms with Gasteiger partial charge in [-0.3, -0.25) is 0 Å². The molecular formula is C18H21BIO10P. The molecule has 0 aliphatic rings. The summed E-state index contributed by atoms with van der Waals surface area (Å²) < 4.78 is 20.1. The van der Waals surface area contributed by atoms with Crippen LogP contribution in [0.2, 0.25) is 0 Å². The van der Waals surface area contributed by atoms with Crippen LogP contribution < -0.4 is 0 Å². The Balaban J connectivity index is 5.59. The molecule has 13 heteroatoms. The maximum absolute atomic E-state index is 12.2. The van der Waals surface area contributed by atoms with Crippen molar-refractivity contribution in [1.29, 1.82) is 0 Å². The second-order valence-corrected chi connectivity index (χ2v) is 10.7. The number of aliphatic carboxylic acids is 1. The third-order valence-electron chi connectivity index (χ3n) is 3.54. The number of ether oxygens (including phenoxy) is 4. The number of carbonyl (C=O) groups excluding carboxylic acids is 4. The van der Waals surface area contributed by atoms with Crippen LogP contribution in [0.4, 0.5) is 0 Å². The normalized spacial score (nSPS) is 11.9. The van der Waals surface area contributed by atoms with Crippen LogP contribution in [-0.2, 0) is 42.9 Å². The first-order valence-electron chi connectivity index (χ1n) is 8.46. The van der Waals surface area contributed by atoms with Gasteiger partial charge in [0.05, 0.1) is 0 Å². The summed E-state index contributed by atoms with van der Waals surface area (Å²) in [5.74, 6) is -4.65. The van der Waals surface area contributed by atoms with Crippen LogP contribution in [-0.4, -0.2) is 74.0 Å². The number of carboxylic acids is 1. The summed E-state index contributed by atoms with van der Waals surface area (Å²) >= 11 is 1.73. The first-order valence-corrected chi connectivity index (χ1v) is 12.7. The fraction of sp³-hybridized carbons (Fsp3) is 0.389. The monoisotopic (exact) mass is 566 g/mol. The van der Waals surface area contributed by atoms with Crippen LogP contribution in [0.5, 0.6) is 0 Å². The first-order chi connectivity index (χ1) is 14.5. The number of esters is 4. The van der Waals surface area contributed by atoms with Crippen LogP contribution in [0.25, 0.3) is 0 Å². The van der Waals surface area contributed by atoms with Gasteiger partial charge in [-0.25, -0.2) is 0 Å². The first kappa shape index (κ1) is 28.7. The molecule has 0 rings (SSSR count). The van der Waals surface area contributed by atoms with Gasteiger partial charge < -0.3 is 0 Å². The third-order valence-corrected chi connectivity index (χ3v) is 6.56. The summed E-state index contributed by atoms with van der Waals surface area (Å²) in [6.07, 6.45) is 2.12. The molecule has 168 valence electrons. The molecule has 0 aliphatic heterocycles. The molecule has 10 nitrogen and oxygen atoms in total. The summed E-state index contributed by atoms with van der Waals surface area (Å²) in [4.78, 5) is 56.4. The van der Waals surface area contributed by atoms with Crippen LogP contribution in [0.1, 0.15) is 6.42 Å². The van der Waals surface area contributed by atoms with Crippen molar-refractivity contribution in [2.24, 2.45) is 5.41 Å². The Morgan fingerprint density at radius 3 is 1.52 bits per heavy atom. The second-order valence-electron chi connectivity index (χ2n) is 6.00. The summed E-state index contributed by atoms with van der Waals surface area (Å²) in [6, 6.07) is 0.